The van der Waals surface area contributed by atoms with Crippen LogP contribution in [0.5, 0.6) is 6.01 Å². The van der Waals surface area contributed by atoms with Crippen LogP contribution in [0.1, 0.15) is 33.1 Å². The molecule has 2 heterocycles. The Morgan fingerprint density at radius 2 is 2.21 bits per heavy atom. The van der Waals surface area contributed by atoms with Gasteiger partial charge in [0, 0.05) is 5.69 Å². The SMILES string of the molecule is CC1(C)[C@H]2CCC(COc3nc(Nc4ccc5ncsc5c4)[nH]c(=O)n3)[C@@H]1C2. The largest absolute Gasteiger partial charge is 0.463 e. The van der Waals surface area contributed by atoms with E-state index in [0.29, 0.717) is 29.8 Å². The first-order valence-corrected chi connectivity index (χ1v) is 10.6. The number of ether oxygens (including phenoxy) is 1. The highest BCUT2D eigenvalue weighted by Crippen LogP contribution is 2.61. The lowest BCUT2D eigenvalue weighted by Crippen LogP contribution is -2.53. The molecule has 0 spiro atoms. The number of fused-ring (bicyclic) bond motifs is 3. The molecule has 0 amide bonds. The summed E-state index contributed by atoms with van der Waals surface area (Å²) in [5, 5.41) is 3.13. The molecule has 0 radical (unpaired) electrons. The zero-order valence-electron chi connectivity index (χ0n) is 15.9. The quantitative estimate of drug-likeness (QED) is 0.677. The van der Waals surface area contributed by atoms with E-state index < -0.39 is 5.69 Å². The normalized spacial score (nSPS) is 25.3. The molecule has 6 rings (SSSR count). The topological polar surface area (TPSA) is 92.8 Å². The summed E-state index contributed by atoms with van der Waals surface area (Å²) in [5.74, 6) is 2.38. The lowest BCUT2D eigenvalue weighted by Gasteiger charge is -2.60. The highest BCUT2D eigenvalue weighted by atomic mass is 32.1. The average molecular weight is 398 g/mol. The Morgan fingerprint density at radius 1 is 1.32 bits per heavy atom. The first kappa shape index (κ1) is 17.6. The van der Waals surface area contributed by atoms with Crippen LogP contribution in [0.3, 0.4) is 0 Å². The van der Waals surface area contributed by atoms with Crippen LogP contribution < -0.4 is 15.7 Å². The van der Waals surface area contributed by atoms with E-state index in [1.54, 1.807) is 11.3 Å². The van der Waals surface area contributed by atoms with Gasteiger partial charge in [0.2, 0.25) is 5.95 Å². The molecule has 8 heteroatoms. The standard InChI is InChI=1S/C20H23N5O2S/c1-20(2)12-4-3-11(14(20)7-12)9-27-19-24-17(23-18(26)25-19)22-13-5-6-15-16(8-13)28-10-21-15/h5-6,8,10-12,14H,3-4,7,9H2,1-2H3,(H2,22,23,24,25,26)/t11?,12-,14-/m0/s1. The fourth-order valence-electron chi connectivity index (χ4n) is 4.90. The van der Waals surface area contributed by atoms with E-state index in [4.69, 9.17) is 4.74 Å². The Balaban J connectivity index is 1.29. The van der Waals surface area contributed by atoms with Gasteiger partial charge < -0.3 is 10.1 Å². The number of nitrogens with one attached hydrogen (secondary N) is 2. The summed E-state index contributed by atoms with van der Waals surface area (Å²) < 4.78 is 6.93. The zero-order chi connectivity index (χ0) is 19.3. The Bertz CT molecular complexity index is 1070. The van der Waals surface area contributed by atoms with Crippen LogP contribution in [0.25, 0.3) is 10.2 Å². The molecule has 1 unspecified atom stereocenters. The molecule has 3 aromatic rings. The maximum atomic E-state index is 12.0. The monoisotopic (exact) mass is 397 g/mol. The Hall–Kier alpha value is -2.48. The predicted molar refractivity (Wildman–Crippen MR) is 109 cm³/mol. The first-order chi connectivity index (χ1) is 13.5. The molecule has 2 bridgehead atoms. The summed E-state index contributed by atoms with van der Waals surface area (Å²) in [4.78, 5) is 27.1. The van der Waals surface area contributed by atoms with Crippen molar-refractivity contribution < 1.29 is 4.74 Å². The van der Waals surface area contributed by atoms with Gasteiger partial charge in [-0.1, -0.05) is 13.8 Å². The number of anilines is 2. The van der Waals surface area contributed by atoms with Gasteiger partial charge in [-0.05, 0) is 60.6 Å². The van der Waals surface area contributed by atoms with Gasteiger partial charge in [0.25, 0.3) is 0 Å². The van der Waals surface area contributed by atoms with E-state index in [1.165, 1.54) is 19.3 Å². The Kier molecular flexibility index (Phi) is 4.12. The maximum Gasteiger partial charge on any atom is 0.352 e. The number of nitrogens with zero attached hydrogens (tertiary/aromatic N) is 3. The molecule has 1 aromatic carbocycles. The van der Waals surface area contributed by atoms with Crippen molar-refractivity contribution in [2.24, 2.45) is 23.2 Å². The molecule has 3 fully saturated rings. The first-order valence-electron chi connectivity index (χ1n) is 9.70. The molecular formula is C20H23N5O2S. The van der Waals surface area contributed by atoms with Crippen LogP contribution in [0, 0.1) is 23.2 Å². The molecule has 146 valence electrons. The second kappa shape index (κ2) is 6.55. The highest BCUT2D eigenvalue weighted by molar-refractivity contribution is 7.16. The van der Waals surface area contributed by atoms with E-state index in [0.717, 1.165) is 21.8 Å². The van der Waals surface area contributed by atoms with E-state index in [9.17, 15) is 4.79 Å². The summed E-state index contributed by atoms with van der Waals surface area (Å²) in [5.41, 5.74) is 3.52. The number of benzene rings is 1. The smallest absolute Gasteiger partial charge is 0.352 e. The summed E-state index contributed by atoms with van der Waals surface area (Å²) in [7, 11) is 0. The van der Waals surface area contributed by atoms with E-state index in [2.05, 4.69) is 39.1 Å². The van der Waals surface area contributed by atoms with Crippen LogP contribution in [0.4, 0.5) is 11.6 Å². The molecular weight excluding hydrogens is 374 g/mol. The van der Waals surface area contributed by atoms with Gasteiger partial charge in [-0.15, -0.1) is 16.3 Å². The molecule has 3 atom stereocenters. The molecule has 2 aromatic heterocycles. The van der Waals surface area contributed by atoms with E-state index in [-0.39, 0.29) is 6.01 Å². The van der Waals surface area contributed by atoms with Crippen molar-refractivity contribution in [1.82, 2.24) is 19.9 Å². The van der Waals surface area contributed by atoms with Gasteiger partial charge in [-0.3, -0.25) is 4.98 Å². The summed E-state index contributed by atoms with van der Waals surface area (Å²) in [6, 6.07) is 5.94. The summed E-state index contributed by atoms with van der Waals surface area (Å²) in [6.45, 7) is 5.30. The van der Waals surface area contributed by atoms with Gasteiger partial charge >= 0.3 is 11.7 Å². The van der Waals surface area contributed by atoms with Gasteiger partial charge in [0.05, 0.1) is 22.3 Å². The summed E-state index contributed by atoms with van der Waals surface area (Å²) >= 11 is 1.57. The molecule has 7 nitrogen and oxygen atoms in total. The predicted octanol–water partition coefficient (Wildman–Crippen LogP) is 3.97. The van der Waals surface area contributed by atoms with Crippen molar-refractivity contribution in [3.05, 3.63) is 34.2 Å². The third kappa shape index (κ3) is 3.05. The number of aromatic nitrogens is 4. The fraction of sp³-hybridized carbons (Fsp3) is 0.500. The second-order valence-electron chi connectivity index (χ2n) is 8.45. The van der Waals surface area contributed by atoms with Crippen molar-refractivity contribution >= 4 is 33.2 Å². The van der Waals surface area contributed by atoms with Crippen LogP contribution >= 0.6 is 11.3 Å². The van der Waals surface area contributed by atoms with Gasteiger partial charge in [0.1, 0.15) is 0 Å². The van der Waals surface area contributed by atoms with Crippen LogP contribution in [-0.2, 0) is 0 Å². The van der Waals surface area contributed by atoms with Crippen LogP contribution in [-0.4, -0.2) is 26.5 Å². The molecule has 2 N–H and O–H groups in total. The minimum Gasteiger partial charge on any atom is -0.463 e. The number of hydrogen-bond donors (Lipinski definition) is 2. The Labute approximate surface area is 166 Å². The third-order valence-electron chi connectivity index (χ3n) is 6.65. The number of aromatic amines is 1. The van der Waals surface area contributed by atoms with Gasteiger partial charge in [-0.2, -0.15) is 4.98 Å². The number of H-pyrrole nitrogens is 1. The minimum absolute atomic E-state index is 0.129. The molecule has 0 aliphatic heterocycles. The minimum atomic E-state index is -0.473. The highest BCUT2D eigenvalue weighted by Gasteiger charge is 2.54. The second-order valence-corrected chi connectivity index (χ2v) is 9.34. The van der Waals surface area contributed by atoms with Crippen molar-refractivity contribution in [3.8, 4) is 6.01 Å². The van der Waals surface area contributed by atoms with Gasteiger partial charge in [0.15, 0.2) is 0 Å². The maximum absolute atomic E-state index is 12.0. The average Bonchev–Trinajstić information content (AvgIpc) is 3.14. The third-order valence-corrected chi connectivity index (χ3v) is 7.44. The molecule has 3 aliphatic carbocycles. The number of thiazole rings is 1. The van der Waals surface area contributed by atoms with E-state index >= 15 is 0 Å². The lowest BCUT2D eigenvalue weighted by molar-refractivity contribution is -0.114. The Morgan fingerprint density at radius 3 is 3.04 bits per heavy atom. The number of rotatable bonds is 5. The molecule has 3 saturated carbocycles. The molecule has 0 saturated heterocycles. The fourth-order valence-corrected chi connectivity index (χ4v) is 5.62. The van der Waals surface area contributed by atoms with Crippen molar-refractivity contribution in [2.75, 3.05) is 11.9 Å². The van der Waals surface area contributed by atoms with Crippen LogP contribution in [0.15, 0.2) is 28.5 Å². The van der Waals surface area contributed by atoms with Crippen molar-refractivity contribution in [1.29, 1.82) is 0 Å². The number of hydrogen-bond acceptors (Lipinski definition) is 7. The molecule has 3 aliphatic rings. The lowest BCUT2D eigenvalue weighted by atomic mass is 9.46. The van der Waals surface area contributed by atoms with Crippen molar-refractivity contribution in [3.63, 3.8) is 0 Å². The molecule has 28 heavy (non-hydrogen) atoms. The van der Waals surface area contributed by atoms with Crippen LogP contribution in [0.2, 0.25) is 0 Å². The zero-order valence-corrected chi connectivity index (χ0v) is 16.8. The summed E-state index contributed by atoms with van der Waals surface area (Å²) in [6.07, 6.45) is 3.74. The van der Waals surface area contributed by atoms with Crippen molar-refractivity contribution in [2.45, 2.75) is 33.1 Å². The van der Waals surface area contributed by atoms with Gasteiger partial charge in [-0.25, -0.2) is 9.78 Å². The van der Waals surface area contributed by atoms with E-state index in [1.807, 2.05) is 23.7 Å².